The molecule has 132 valence electrons. The van der Waals surface area contributed by atoms with Gasteiger partial charge < -0.3 is 9.16 Å². The molecule has 0 saturated carbocycles. The van der Waals surface area contributed by atoms with Crippen molar-refractivity contribution in [1.29, 1.82) is 0 Å². The number of carbonyl (C=O) groups excluding carboxylic acids is 1. The topological polar surface area (TPSA) is 35.5 Å². The van der Waals surface area contributed by atoms with E-state index in [4.69, 9.17) is 9.16 Å². The molecule has 0 aromatic heterocycles. The molecule has 0 bridgehead atoms. The van der Waals surface area contributed by atoms with Gasteiger partial charge in [-0.1, -0.05) is 39.8 Å². The number of ketones is 1. The highest BCUT2D eigenvalue weighted by atomic mass is 28.4. The second-order valence-electron chi connectivity index (χ2n) is 8.67. The summed E-state index contributed by atoms with van der Waals surface area (Å²) in [7, 11) is -0.226. The molecule has 2 unspecified atom stereocenters. The van der Waals surface area contributed by atoms with Gasteiger partial charge in [0.25, 0.3) is 0 Å². The lowest BCUT2D eigenvalue weighted by Crippen LogP contribution is -2.44. The summed E-state index contributed by atoms with van der Waals surface area (Å²) in [5.41, 5.74) is 0.680. The Morgan fingerprint density at radius 3 is 2.39 bits per heavy atom. The highest BCUT2D eigenvalue weighted by Crippen LogP contribution is 2.42. The van der Waals surface area contributed by atoms with E-state index in [1.807, 2.05) is 13.8 Å². The number of allylic oxidation sites excluding steroid dienone is 2. The predicted molar refractivity (Wildman–Crippen MR) is 98.9 cm³/mol. The third-order valence-electron chi connectivity index (χ3n) is 5.46. The van der Waals surface area contributed by atoms with Gasteiger partial charge in [-0.25, -0.2) is 0 Å². The summed E-state index contributed by atoms with van der Waals surface area (Å²) in [5, 5.41) is 0.165. The fourth-order valence-corrected chi connectivity index (χ4v) is 3.96. The third-order valence-corrected chi connectivity index (χ3v) is 9.95. The molecule has 0 amide bonds. The summed E-state index contributed by atoms with van der Waals surface area (Å²) in [6.45, 7) is 19.4. The normalized spacial score (nSPS) is 23.7. The molecule has 0 aromatic rings. The summed E-state index contributed by atoms with van der Waals surface area (Å²) >= 11 is 0. The maximum absolute atomic E-state index is 12.3. The fourth-order valence-electron chi connectivity index (χ4n) is 2.57. The Morgan fingerprint density at radius 1 is 1.43 bits per heavy atom. The Morgan fingerprint density at radius 2 is 2.00 bits per heavy atom. The first-order chi connectivity index (χ1) is 10.3. The second kappa shape index (κ2) is 6.94. The molecular weight excluding hydrogens is 304 g/mol. The molecule has 1 aliphatic rings. The van der Waals surface area contributed by atoms with E-state index in [1.165, 1.54) is 0 Å². The Kier molecular flexibility index (Phi) is 6.08. The summed E-state index contributed by atoms with van der Waals surface area (Å²) in [6.07, 6.45) is 3.97. The molecule has 0 aliphatic heterocycles. The minimum Gasteiger partial charge on any atom is -0.501 e. The highest BCUT2D eigenvalue weighted by Gasteiger charge is 2.42. The van der Waals surface area contributed by atoms with Gasteiger partial charge in [0, 0.05) is 17.9 Å². The predicted octanol–water partition coefficient (Wildman–Crippen LogP) is 5.24. The van der Waals surface area contributed by atoms with Gasteiger partial charge in [0.2, 0.25) is 0 Å². The zero-order chi connectivity index (χ0) is 18.1. The van der Waals surface area contributed by atoms with E-state index >= 15 is 0 Å². The van der Waals surface area contributed by atoms with Crippen LogP contribution in [0.25, 0.3) is 0 Å². The number of carbonyl (C=O) groups is 1. The van der Waals surface area contributed by atoms with Gasteiger partial charge in [0.05, 0.1) is 13.2 Å². The van der Waals surface area contributed by atoms with Crippen molar-refractivity contribution >= 4 is 14.1 Å². The lowest BCUT2D eigenvalue weighted by atomic mass is 9.80. The maximum Gasteiger partial charge on any atom is 0.192 e. The molecule has 1 rings (SSSR count). The average Bonchev–Trinajstić information content (AvgIpc) is 2.69. The van der Waals surface area contributed by atoms with E-state index in [-0.39, 0.29) is 22.3 Å². The molecule has 2 atom stereocenters. The zero-order valence-corrected chi connectivity index (χ0v) is 17.2. The molecule has 3 nitrogen and oxygen atoms in total. The summed E-state index contributed by atoms with van der Waals surface area (Å²) in [4.78, 5) is 12.3. The quantitative estimate of drug-likeness (QED) is 0.470. The van der Waals surface area contributed by atoms with Gasteiger partial charge in [0.15, 0.2) is 14.1 Å². The van der Waals surface area contributed by atoms with Crippen LogP contribution < -0.4 is 0 Å². The van der Waals surface area contributed by atoms with Crippen molar-refractivity contribution in [3.8, 4) is 0 Å². The molecule has 0 N–H and O–H groups in total. The van der Waals surface area contributed by atoms with Gasteiger partial charge in [0.1, 0.15) is 5.76 Å². The van der Waals surface area contributed by atoms with E-state index in [1.54, 1.807) is 13.2 Å². The van der Waals surface area contributed by atoms with Crippen LogP contribution in [0.2, 0.25) is 18.1 Å². The van der Waals surface area contributed by atoms with Crippen LogP contribution in [0.15, 0.2) is 24.0 Å². The minimum atomic E-state index is -1.85. The Bertz CT molecular complexity index is 499. The maximum atomic E-state index is 12.3. The largest absolute Gasteiger partial charge is 0.501 e. The lowest BCUT2D eigenvalue weighted by Gasteiger charge is -2.40. The van der Waals surface area contributed by atoms with Crippen molar-refractivity contribution in [3.05, 3.63) is 24.0 Å². The second-order valence-corrected chi connectivity index (χ2v) is 13.4. The molecule has 0 radical (unpaired) electrons. The molecule has 4 heteroatoms. The summed E-state index contributed by atoms with van der Waals surface area (Å²) in [6, 6.07) is 0. The standard InChI is InChI=1S/C19H34O3Si/c1-14(2)16(22-23(8,9)18(3,4)5)10-11-19(6)13-15(21-7)12-17(19)20/h12,16H,1,10-11,13H2,2-9H3. The smallest absolute Gasteiger partial charge is 0.192 e. The van der Waals surface area contributed by atoms with Crippen LogP contribution >= 0.6 is 0 Å². The number of hydrogen-bond donors (Lipinski definition) is 0. The van der Waals surface area contributed by atoms with Crippen LogP contribution in [0, 0.1) is 5.41 Å². The molecule has 0 saturated heterocycles. The first kappa shape index (κ1) is 20.2. The van der Waals surface area contributed by atoms with Crippen LogP contribution in [0.3, 0.4) is 0 Å². The fraction of sp³-hybridized carbons (Fsp3) is 0.737. The molecule has 0 heterocycles. The minimum absolute atomic E-state index is 0.0205. The van der Waals surface area contributed by atoms with Crippen LogP contribution in [0.1, 0.15) is 53.9 Å². The van der Waals surface area contributed by atoms with Gasteiger partial charge in [-0.3, -0.25) is 4.79 Å². The number of rotatable bonds is 7. The summed E-state index contributed by atoms with van der Waals surface area (Å²) < 4.78 is 11.8. The molecule has 0 spiro atoms. The van der Waals surface area contributed by atoms with E-state index in [2.05, 4.69) is 40.4 Å². The Hall–Kier alpha value is -0.873. The number of hydrogen-bond acceptors (Lipinski definition) is 3. The van der Waals surface area contributed by atoms with Crippen LogP contribution in [-0.2, 0) is 14.0 Å². The average molecular weight is 339 g/mol. The van der Waals surface area contributed by atoms with Gasteiger partial charge in [-0.15, -0.1) is 0 Å². The van der Waals surface area contributed by atoms with Crippen molar-refractivity contribution in [1.82, 2.24) is 0 Å². The van der Waals surface area contributed by atoms with Gasteiger partial charge in [-0.05, 0) is 37.9 Å². The number of methoxy groups -OCH3 is 1. The third kappa shape index (κ3) is 4.80. The van der Waals surface area contributed by atoms with Gasteiger partial charge in [-0.2, -0.15) is 0 Å². The molecule has 1 aliphatic carbocycles. The van der Waals surface area contributed by atoms with Crippen LogP contribution in [0.4, 0.5) is 0 Å². The molecule has 0 fully saturated rings. The van der Waals surface area contributed by atoms with E-state index in [9.17, 15) is 4.79 Å². The first-order valence-corrected chi connectivity index (χ1v) is 11.4. The molecule has 23 heavy (non-hydrogen) atoms. The van der Waals surface area contributed by atoms with Crippen molar-refractivity contribution < 1.29 is 14.0 Å². The van der Waals surface area contributed by atoms with Crippen molar-refractivity contribution in [2.45, 2.75) is 78.1 Å². The summed E-state index contributed by atoms with van der Waals surface area (Å²) in [5.74, 6) is 0.955. The molecule has 0 aromatic carbocycles. The van der Waals surface area contributed by atoms with E-state index in [0.29, 0.717) is 6.42 Å². The molecular formula is C19H34O3Si. The van der Waals surface area contributed by atoms with Crippen LogP contribution in [0.5, 0.6) is 0 Å². The lowest BCUT2D eigenvalue weighted by molar-refractivity contribution is -0.122. The number of ether oxygens (including phenoxy) is 1. The van der Waals surface area contributed by atoms with Gasteiger partial charge >= 0.3 is 0 Å². The van der Waals surface area contributed by atoms with Crippen molar-refractivity contribution in [2.24, 2.45) is 5.41 Å². The highest BCUT2D eigenvalue weighted by molar-refractivity contribution is 6.74. The monoisotopic (exact) mass is 338 g/mol. The van der Waals surface area contributed by atoms with E-state index < -0.39 is 8.32 Å². The SMILES string of the molecule is C=C(C)C(CCC1(C)CC(OC)=CC1=O)O[Si](C)(C)C(C)(C)C. The zero-order valence-electron chi connectivity index (χ0n) is 16.2. The van der Waals surface area contributed by atoms with Crippen molar-refractivity contribution in [3.63, 3.8) is 0 Å². The van der Waals surface area contributed by atoms with Crippen LogP contribution in [-0.4, -0.2) is 27.3 Å². The first-order valence-electron chi connectivity index (χ1n) is 8.44. The Balaban J connectivity index is 2.76. The van der Waals surface area contributed by atoms with Crippen molar-refractivity contribution in [2.75, 3.05) is 7.11 Å². The Labute approximate surface area is 143 Å². The van der Waals surface area contributed by atoms with E-state index in [0.717, 1.165) is 24.2 Å².